The van der Waals surface area contributed by atoms with Crippen molar-refractivity contribution >= 4 is 16.0 Å². The molecular formula is C19H36NNaO4S. The maximum atomic E-state index is 11.5. The summed E-state index contributed by atoms with van der Waals surface area (Å²) in [5.74, 6) is -1.26. The van der Waals surface area contributed by atoms with Crippen LogP contribution in [0.5, 0.6) is 0 Å². The van der Waals surface area contributed by atoms with Gasteiger partial charge in [0.05, 0.1) is 0 Å². The molecule has 0 aliphatic carbocycles. The van der Waals surface area contributed by atoms with Crippen LogP contribution in [-0.2, 0) is 14.8 Å². The molecule has 0 radical (unpaired) electrons. The summed E-state index contributed by atoms with van der Waals surface area (Å²) in [5.41, 5.74) is 0. The molecule has 0 rings (SSSR count). The Hall–Kier alpha value is 0.120. The Kier molecular flexibility index (Phi) is 21.7. The van der Waals surface area contributed by atoms with Crippen LogP contribution in [0, 0.1) is 0 Å². The maximum absolute atomic E-state index is 11.5. The normalized spacial score (nSPS) is 11.6. The number of carboxylic acid groups (broad SMARTS) is 1. The summed E-state index contributed by atoms with van der Waals surface area (Å²) in [6.07, 6.45) is 17.4. The number of carbonyl (C=O) groups excluding carboxylic acids is 1. The largest absolute Gasteiger partial charge is 1.00 e. The number of unbranched alkanes of at least 4 members (excludes halogenated alkanes) is 12. The second-order valence-electron chi connectivity index (χ2n) is 6.61. The Morgan fingerprint density at radius 1 is 0.885 bits per heavy atom. The number of carbonyl (C=O) groups is 1. The molecule has 0 fully saturated rings. The quantitative estimate of drug-likeness (QED) is 0.272. The minimum absolute atomic E-state index is 0. The standard InChI is InChI=1S/C19H37NO4S.Na/c1-2-3-4-5-6-7-8-9-10-11-12-13-14-15-18-25(23,24)20-17-16-19(21)22;/h15,18,20H,2-14,16-17H2,1H3,(H,21,22);/q;+1/p-1/b18-15+;. The Bertz CT molecular complexity index is 452. The fraction of sp³-hybridized carbons (Fsp3) is 0.842. The van der Waals surface area contributed by atoms with E-state index in [1.807, 2.05) is 0 Å². The summed E-state index contributed by atoms with van der Waals surface area (Å²) >= 11 is 0. The molecule has 0 aromatic carbocycles. The van der Waals surface area contributed by atoms with Gasteiger partial charge in [0, 0.05) is 24.3 Å². The van der Waals surface area contributed by atoms with Crippen molar-refractivity contribution in [1.29, 1.82) is 0 Å². The van der Waals surface area contributed by atoms with Gasteiger partial charge in [-0.1, -0.05) is 83.6 Å². The second kappa shape index (κ2) is 19.9. The third-order valence-electron chi connectivity index (χ3n) is 4.13. The Morgan fingerprint density at radius 2 is 1.35 bits per heavy atom. The van der Waals surface area contributed by atoms with Crippen molar-refractivity contribution in [3.63, 3.8) is 0 Å². The third kappa shape index (κ3) is 22.2. The molecule has 5 nitrogen and oxygen atoms in total. The predicted octanol–water partition coefficient (Wildman–Crippen LogP) is 0.655. The number of sulfonamides is 1. The molecule has 0 heterocycles. The number of hydrogen-bond acceptors (Lipinski definition) is 4. The number of rotatable bonds is 18. The first-order valence-corrected chi connectivity index (χ1v) is 11.4. The van der Waals surface area contributed by atoms with E-state index in [9.17, 15) is 18.3 Å². The van der Waals surface area contributed by atoms with Gasteiger partial charge in [0.2, 0.25) is 10.0 Å². The molecule has 148 valence electrons. The molecule has 0 aromatic rings. The first-order valence-electron chi connectivity index (χ1n) is 9.84. The van der Waals surface area contributed by atoms with Crippen molar-refractivity contribution in [2.45, 2.75) is 96.8 Å². The van der Waals surface area contributed by atoms with E-state index in [1.165, 1.54) is 64.2 Å². The van der Waals surface area contributed by atoms with Crippen LogP contribution in [0.25, 0.3) is 0 Å². The van der Waals surface area contributed by atoms with Crippen molar-refractivity contribution in [3.05, 3.63) is 11.5 Å². The van der Waals surface area contributed by atoms with Crippen molar-refractivity contribution < 1.29 is 47.9 Å². The number of aliphatic carboxylic acids is 1. The van der Waals surface area contributed by atoms with Gasteiger partial charge in [-0.2, -0.15) is 0 Å². The molecule has 0 bridgehead atoms. The summed E-state index contributed by atoms with van der Waals surface area (Å²) in [5, 5.41) is 11.3. The van der Waals surface area contributed by atoms with Crippen molar-refractivity contribution in [2.24, 2.45) is 0 Å². The maximum Gasteiger partial charge on any atom is 1.00 e. The smallest absolute Gasteiger partial charge is 0.550 e. The zero-order valence-electron chi connectivity index (χ0n) is 16.8. The van der Waals surface area contributed by atoms with E-state index >= 15 is 0 Å². The zero-order chi connectivity index (χ0) is 18.8. The van der Waals surface area contributed by atoms with Gasteiger partial charge in [-0.25, -0.2) is 13.1 Å². The summed E-state index contributed by atoms with van der Waals surface area (Å²) in [7, 11) is -3.52. The Labute approximate surface area is 182 Å². The van der Waals surface area contributed by atoms with E-state index in [4.69, 9.17) is 0 Å². The summed E-state index contributed by atoms with van der Waals surface area (Å²) in [6, 6.07) is 0. The van der Waals surface area contributed by atoms with Gasteiger partial charge in [0.15, 0.2) is 0 Å². The van der Waals surface area contributed by atoms with Gasteiger partial charge in [-0.05, 0) is 12.8 Å². The van der Waals surface area contributed by atoms with Crippen LogP contribution in [0.2, 0.25) is 0 Å². The third-order valence-corrected chi connectivity index (χ3v) is 5.29. The first-order chi connectivity index (χ1) is 12.0. The average Bonchev–Trinajstić information content (AvgIpc) is 2.54. The molecular weight excluding hydrogens is 361 g/mol. The minimum atomic E-state index is -3.52. The molecule has 0 aliphatic heterocycles. The molecule has 0 atom stereocenters. The van der Waals surface area contributed by atoms with Crippen molar-refractivity contribution in [3.8, 4) is 0 Å². The molecule has 0 aliphatic rings. The number of nitrogens with one attached hydrogen (secondary N) is 1. The summed E-state index contributed by atoms with van der Waals surface area (Å²) < 4.78 is 25.2. The fourth-order valence-corrected chi connectivity index (χ4v) is 3.51. The molecule has 0 aromatic heterocycles. The van der Waals surface area contributed by atoms with Crippen LogP contribution >= 0.6 is 0 Å². The van der Waals surface area contributed by atoms with Crippen LogP contribution in [0.1, 0.15) is 96.8 Å². The number of carboxylic acids is 1. The van der Waals surface area contributed by atoms with Gasteiger partial charge in [0.25, 0.3) is 0 Å². The fourth-order valence-electron chi connectivity index (χ4n) is 2.64. The first kappa shape index (κ1) is 28.3. The molecule has 7 heteroatoms. The molecule has 1 N–H and O–H groups in total. The average molecular weight is 398 g/mol. The van der Waals surface area contributed by atoms with Gasteiger partial charge < -0.3 is 9.90 Å². The van der Waals surface area contributed by atoms with Gasteiger partial charge in [0.1, 0.15) is 0 Å². The molecule has 0 spiro atoms. The van der Waals surface area contributed by atoms with Crippen LogP contribution < -0.4 is 39.4 Å². The van der Waals surface area contributed by atoms with Gasteiger partial charge in [-0.15, -0.1) is 0 Å². The van der Waals surface area contributed by atoms with Crippen LogP contribution in [-0.4, -0.2) is 20.9 Å². The Balaban J connectivity index is 0. The van der Waals surface area contributed by atoms with E-state index in [0.717, 1.165) is 24.7 Å². The monoisotopic (exact) mass is 397 g/mol. The van der Waals surface area contributed by atoms with E-state index in [0.29, 0.717) is 0 Å². The van der Waals surface area contributed by atoms with E-state index < -0.39 is 16.0 Å². The zero-order valence-corrected chi connectivity index (χ0v) is 19.6. The molecule has 0 unspecified atom stereocenters. The number of hydrogen-bond donors (Lipinski definition) is 1. The number of allylic oxidation sites excluding steroid dienone is 1. The van der Waals surface area contributed by atoms with E-state index in [1.54, 1.807) is 6.08 Å². The SMILES string of the molecule is CCCCCCCCCCCCCC/C=C/S(=O)(=O)NCCC(=O)[O-].[Na+]. The topological polar surface area (TPSA) is 86.3 Å². The van der Waals surface area contributed by atoms with Crippen LogP contribution in [0.3, 0.4) is 0 Å². The molecule has 0 saturated carbocycles. The van der Waals surface area contributed by atoms with Crippen LogP contribution in [0.15, 0.2) is 11.5 Å². The van der Waals surface area contributed by atoms with E-state index in [-0.39, 0.29) is 42.5 Å². The summed E-state index contributed by atoms with van der Waals surface area (Å²) in [6.45, 7) is 2.11. The molecule has 26 heavy (non-hydrogen) atoms. The second-order valence-corrected chi connectivity index (χ2v) is 8.26. The summed E-state index contributed by atoms with van der Waals surface area (Å²) in [4.78, 5) is 10.2. The van der Waals surface area contributed by atoms with Crippen molar-refractivity contribution in [2.75, 3.05) is 6.54 Å². The molecule has 0 saturated heterocycles. The Morgan fingerprint density at radius 3 is 1.81 bits per heavy atom. The molecule has 0 amide bonds. The van der Waals surface area contributed by atoms with Gasteiger partial charge in [-0.3, -0.25) is 0 Å². The van der Waals surface area contributed by atoms with E-state index in [2.05, 4.69) is 11.6 Å². The van der Waals surface area contributed by atoms with Crippen molar-refractivity contribution in [1.82, 2.24) is 4.72 Å². The van der Waals surface area contributed by atoms with Crippen LogP contribution in [0.4, 0.5) is 0 Å². The predicted molar refractivity (Wildman–Crippen MR) is 101 cm³/mol. The van der Waals surface area contributed by atoms with Gasteiger partial charge >= 0.3 is 29.6 Å². The minimum Gasteiger partial charge on any atom is -0.550 e.